The molecule has 0 saturated heterocycles. The summed E-state index contributed by atoms with van der Waals surface area (Å²) in [5.74, 6) is 0. The van der Waals surface area contributed by atoms with Gasteiger partial charge in [-0.3, -0.25) is 0 Å². The maximum absolute atomic E-state index is 4.37. The second-order valence-corrected chi connectivity index (χ2v) is 10.3. The summed E-state index contributed by atoms with van der Waals surface area (Å²) in [5, 5.41) is 30.2. The Morgan fingerprint density at radius 3 is 1.47 bits per heavy atom. The molecule has 0 unspecified atom stereocenters. The van der Waals surface area contributed by atoms with Crippen LogP contribution in [0.4, 0.5) is 33.0 Å². The van der Waals surface area contributed by atoms with Crippen LogP contribution in [0.1, 0.15) is 24.0 Å². The van der Waals surface area contributed by atoms with Gasteiger partial charge in [-0.05, 0) is 107 Å². The predicted molar refractivity (Wildman–Crippen MR) is 148 cm³/mol. The van der Waals surface area contributed by atoms with E-state index in [1.54, 1.807) is 22.7 Å². The van der Waals surface area contributed by atoms with Crippen molar-refractivity contribution in [2.45, 2.75) is 26.7 Å². The first-order valence-corrected chi connectivity index (χ1v) is 13.6. The summed E-state index contributed by atoms with van der Waals surface area (Å²) in [5.41, 5.74) is 6.33. The van der Waals surface area contributed by atoms with E-state index in [0.717, 1.165) is 58.9 Å². The highest BCUT2D eigenvalue weighted by molar-refractivity contribution is 7.13. The molecule has 0 atom stereocenters. The van der Waals surface area contributed by atoms with Crippen LogP contribution in [0.2, 0.25) is 0 Å². The van der Waals surface area contributed by atoms with Crippen molar-refractivity contribution in [1.82, 2.24) is 0 Å². The van der Waals surface area contributed by atoms with E-state index in [0.29, 0.717) is 0 Å². The van der Waals surface area contributed by atoms with Crippen molar-refractivity contribution in [2.75, 3.05) is 23.7 Å². The Morgan fingerprint density at radius 1 is 0.667 bits per heavy atom. The van der Waals surface area contributed by atoms with E-state index in [1.165, 1.54) is 11.1 Å². The van der Waals surface area contributed by atoms with E-state index in [2.05, 4.69) is 69.2 Å². The smallest absolute Gasteiger partial charge is 0.385 e. The summed E-state index contributed by atoms with van der Waals surface area (Å²) in [6, 6.07) is 12.3. The van der Waals surface area contributed by atoms with Gasteiger partial charge in [-0.15, -0.1) is 0 Å². The van der Waals surface area contributed by atoms with Crippen LogP contribution in [-0.2, 0) is 14.1 Å². The molecule has 4 aromatic rings. The molecule has 0 amide bonds. The van der Waals surface area contributed by atoms with Crippen LogP contribution in [-0.4, -0.2) is 13.1 Å². The lowest BCUT2D eigenvalue weighted by Gasteiger charge is -2.11. The number of azo groups is 2. The zero-order valence-electron chi connectivity index (χ0n) is 21.1. The van der Waals surface area contributed by atoms with Crippen molar-refractivity contribution >= 4 is 55.7 Å². The van der Waals surface area contributed by atoms with Gasteiger partial charge in [0.1, 0.15) is 23.8 Å². The molecule has 0 aliphatic heterocycles. The number of aryl methyl sites for hydroxylation is 4. The third-order valence-electron chi connectivity index (χ3n) is 5.68. The van der Waals surface area contributed by atoms with Gasteiger partial charge in [0.25, 0.3) is 0 Å². The Morgan fingerprint density at radius 2 is 1.11 bits per heavy atom. The molecule has 0 aliphatic rings. The second-order valence-electron chi connectivity index (χ2n) is 8.55. The van der Waals surface area contributed by atoms with E-state index in [9.17, 15) is 0 Å². The first-order valence-electron chi connectivity index (χ1n) is 11.9. The Balaban J connectivity index is 1.18. The number of anilines is 2. The highest BCUT2D eigenvalue weighted by Crippen LogP contribution is 2.25. The quantitative estimate of drug-likeness (QED) is 0.124. The lowest BCUT2D eigenvalue weighted by Crippen LogP contribution is -2.23. The highest BCUT2D eigenvalue weighted by Gasteiger charge is 2.09. The third kappa shape index (κ3) is 7.02. The Labute approximate surface area is 220 Å². The fourth-order valence-corrected chi connectivity index (χ4v) is 4.92. The van der Waals surface area contributed by atoms with Crippen LogP contribution in [0.15, 0.2) is 80.0 Å². The Kier molecular flexibility index (Phi) is 8.85. The maximum atomic E-state index is 4.37. The minimum absolute atomic E-state index is 0.860. The van der Waals surface area contributed by atoms with Gasteiger partial charge in [0.05, 0.1) is 24.3 Å². The van der Waals surface area contributed by atoms with Crippen LogP contribution >= 0.6 is 22.7 Å². The Bertz CT molecular complexity index is 1250. The summed E-state index contributed by atoms with van der Waals surface area (Å²) >= 11 is 3.14. The lowest BCUT2D eigenvalue weighted by atomic mass is 10.1. The summed E-state index contributed by atoms with van der Waals surface area (Å²) in [7, 11) is 3.94. The van der Waals surface area contributed by atoms with Gasteiger partial charge in [0.15, 0.2) is 0 Å². The van der Waals surface area contributed by atoms with Crippen LogP contribution in [0, 0.1) is 13.8 Å². The van der Waals surface area contributed by atoms with E-state index >= 15 is 0 Å². The molecule has 36 heavy (non-hydrogen) atoms. The van der Waals surface area contributed by atoms with Gasteiger partial charge in [0, 0.05) is 35.2 Å². The van der Waals surface area contributed by atoms with E-state index in [-0.39, 0.29) is 0 Å². The fourth-order valence-electron chi connectivity index (χ4n) is 3.56. The number of benzene rings is 2. The van der Waals surface area contributed by atoms with Gasteiger partial charge >= 0.3 is 10.3 Å². The maximum Gasteiger partial charge on any atom is 0.408 e. The molecule has 2 heterocycles. The SMILES string of the molecule is Cc1cc(/N=N/c2scc[n+]2C)ccc1NCCCCNc1ccc(/N=N/c2scc[n+]2C)cc1C. The molecule has 0 saturated carbocycles. The molecule has 8 nitrogen and oxygen atoms in total. The summed E-state index contributed by atoms with van der Waals surface area (Å²) in [4.78, 5) is 0. The number of unbranched alkanes of at least 4 members (excludes halogenated alkanes) is 1. The molecule has 4 rings (SSSR count). The number of rotatable bonds is 11. The second kappa shape index (κ2) is 12.5. The molecule has 10 heteroatoms. The Hall–Kier alpha value is -3.50. The van der Waals surface area contributed by atoms with Crippen molar-refractivity contribution in [3.8, 4) is 0 Å². The topological polar surface area (TPSA) is 81.3 Å². The van der Waals surface area contributed by atoms with Crippen LogP contribution in [0.3, 0.4) is 0 Å². The van der Waals surface area contributed by atoms with Gasteiger partial charge in [-0.2, -0.15) is 0 Å². The lowest BCUT2D eigenvalue weighted by molar-refractivity contribution is -0.654. The molecule has 2 aromatic carbocycles. The van der Waals surface area contributed by atoms with Crippen LogP contribution in [0.25, 0.3) is 0 Å². The molecule has 0 aliphatic carbocycles. The van der Waals surface area contributed by atoms with Crippen LogP contribution < -0.4 is 19.8 Å². The average Bonchev–Trinajstić information content (AvgIpc) is 3.47. The number of aromatic nitrogens is 2. The zero-order chi connectivity index (χ0) is 25.3. The van der Waals surface area contributed by atoms with Gasteiger partial charge in [-0.1, -0.05) is 0 Å². The number of nitrogens with zero attached hydrogens (tertiary/aromatic N) is 6. The number of hydrogen-bond donors (Lipinski definition) is 2. The molecule has 0 bridgehead atoms. The van der Waals surface area contributed by atoms with Crippen molar-refractivity contribution in [1.29, 1.82) is 0 Å². The van der Waals surface area contributed by atoms with E-state index in [1.807, 2.05) is 58.5 Å². The average molecular weight is 521 g/mol. The van der Waals surface area contributed by atoms with Gasteiger partial charge in [0.2, 0.25) is 0 Å². The number of nitrogens with one attached hydrogen (secondary N) is 2. The summed E-state index contributed by atoms with van der Waals surface area (Å²) < 4.78 is 3.92. The third-order valence-corrected chi connectivity index (χ3v) is 7.35. The van der Waals surface area contributed by atoms with Crippen LogP contribution in [0.5, 0.6) is 0 Å². The molecule has 0 fully saturated rings. The fraction of sp³-hybridized carbons (Fsp3) is 0.308. The molecule has 2 N–H and O–H groups in total. The van der Waals surface area contributed by atoms with E-state index < -0.39 is 0 Å². The summed E-state index contributed by atoms with van der Waals surface area (Å²) in [6.07, 6.45) is 6.10. The monoisotopic (exact) mass is 520 g/mol. The van der Waals surface area contributed by atoms with Crippen molar-refractivity contribution in [2.24, 2.45) is 34.6 Å². The van der Waals surface area contributed by atoms with Gasteiger partial charge in [-0.25, -0.2) is 9.13 Å². The first-order chi connectivity index (χ1) is 17.5. The number of thiazole rings is 2. The van der Waals surface area contributed by atoms with Crippen molar-refractivity contribution < 1.29 is 9.13 Å². The molecule has 2 aromatic heterocycles. The van der Waals surface area contributed by atoms with E-state index in [4.69, 9.17) is 0 Å². The zero-order valence-corrected chi connectivity index (χ0v) is 22.7. The summed E-state index contributed by atoms with van der Waals surface area (Å²) in [6.45, 7) is 6.04. The normalized spacial score (nSPS) is 11.6. The molecule has 186 valence electrons. The van der Waals surface area contributed by atoms with Crippen molar-refractivity contribution in [3.05, 3.63) is 70.7 Å². The first kappa shape index (κ1) is 25.6. The minimum Gasteiger partial charge on any atom is -0.385 e. The molecular weight excluding hydrogens is 488 g/mol. The number of hydrogen-bond acceptors (Lipinski definition) is 8. The molecule has 0 radical (unpaired) electrons. The predicted octanol–water partition coefficient (Wildman–Crippen LogP) is 7.21. The van der Waals surface area contributed by atoms with Gasteiger partial charge < -0.3 is 10.6 Å². The van der Waals surface area contributed by atoms with Crippen molar-refractivity contribution in [3.63, 3.8) is 0 Å². The highest BCUT2D eigenvalue weighted by atomic mass is 32.1. The molecule has 0 spiro atoms. The standard InChI is InChI=1S/C26H30N8S2/c1-19-17-21(29-31-25-33(3)13-15-35-25)7-9-23(19)27-11-5-6-12-28-24-10-8-22(18-20(24)2)30-32-26-34(4)14-16-36-26/h7-10,13-18H,5-6,11-12H2,1-4H3/p+2. The minimum atomic E-state index is 0.860. The largest absolute Gasteiger partial charge is 0.408 e. The molecular formula is C26H32N8S2+2.